The number of amides is 1. The Balaban J connectivity index is 1.59. The summed E-state index contributed by atoms with van der Waals surface area (Å²) in [5.41, 5.74) is 0.190. The average molecular weight is 374 g/mol. The van der Waals surface area contributed by atoms with Gasteiger partial charge in [0.1, 0.15) is 12.3 Å². The summed E-state index contributed by atoms with van der Waals surface area (Å²) in [5, 5.41) is 18.4. The van der Waals surface area contributed by atoms with Crippen LogP contribution in [0.2, 0.25) is 0 Å². The molecule has 11 nitrogen and oxygen atoms in total. The SMILES string of the molecule is CN1CCNCC1c1noc(CN2C(=O)COc3ccc([N+](=O)[O-])cc32)n1. The van der Waals surface area contributed by atoms with Crippen LogP contribution in [-0.2, 0) is 11.3 Å². The highest BCUT2D eigenvalue weighted by molar-refractivity contribution is 5.98. The Kier molecular flexibility index (Phi) is 4.46. The number of carbonyl (C=O) groups is 1. The Labute approximate surface area is 154 Å². The molecular formula is C16H18N6O5. The number of rotatable bonds is 4. The zero-order valence-electron chi connectivity index (χ0n) is 14.6. The number of likely N-dealkylation sites (N-methyl/N-ethyl adjacent to an activating group) is 1. The van der Waals surface area contributed by atoms with Crippen molar-refractivity contribution in [2.24, 2.45) is 0 Å². The second kappa shape index (κ2) is 6.93. The molecular weight excluding hydrogens is 356 g/mol. The van der Waals surface area contributed by atoms with Crippen LogP contribution < -0.4 is 15.0 Å². The predicted molar refractivity (Wildman–Crippen MR) is 92.3 cm³/mol. The van der Waals surface area contributed by atoms with Crippen LogP contribution in [0.3, 0.4) is 0 Å². The van der Waals surface area contributed by atoms with Gasteiger partial charge in [-0.3, -0.25) is 24.7 Å². The third kappa shape index (κ3) is 3.34. The van der Waals surface area contributed by atoms with Gasteiger partial charge in [0, 0.05) is 31.8 Å². The average Bonchev–Trinajstić information content (AvgIpc) is 3.12. The molecule has 3 heterocycles. The molecule has 1 unspecified atom stereocenters. The Hall–Kier alpha value is -3.05. The summed E-state index contributed by atoms with van der Waals surface area (Å²) >= 11 is 0. The number of nitrogens with one attached hydrogen (secondary N) is 1. The van der Waals surface area contributed by atoms with E-state index in [-0.39, 0.29) is 36.7 Å². The normalized spacial score (nSPS) is 20.3. The number of carbonyl (C=O) groups excluding carboxylic acids is 1. The number of ether oxygens (including phenoxy) is 1. The minimum atomic E-state index is -0.520. The fraction of sp³-hybridized carbons (Fsp3) is 0.438. The van der Waals surface area contributed by atoms with E-state index >= 15 is 0 Å². The quantitative estimate of drug-likeness (QED) is 0.600. The van der Waals surface area contributed by atoms with E-state index in [0.717, 1.165) is 13.1 Å². The molecule has 2 aromatic rings. The standard InChI is InChI=1S/C16H18N6O5/c1-20-5-4-17-7-12(20)16-18-14(27-19-16)8-21-11-6-10(22(24)25)2-3-13(11)26-9-15(21)23/h2-3,6,12,17H,4-5,7-9H2,1H3. The van der Waals surface area contributed by atoms with Crippen molar-refractivity contribution < 1.29 is 19.0 Å². The van der Waals surface area contributed by atoms with Crippen molar-refractivity contribution in [2.45, 2.75) is 12.6 Å². The molecule has 11 heteroatoms. The van der Waals surface area contributed by atoms with E-state index < -0.39 is 4.92 Å². The number of hydrogen-bond donors (Lipinski definition) is 1. The third-order valence-corrected chi connectivity index (χ3v) is 4.68. The van der Waals surface area contributed by atoms with Crippen LogP contribution in [0.1, 0.15) is 17.8 Å². The number of nitro groups is 1. The molecule has 0 spiro atoms. The van der Waals surface area contributed by atoms with E-state index in [4.69, 9.17) is 9.26 Å². The van der Waals surface area contributed by atoms with E-state index in [9.17, 15) is 14.9 Å². The van der Waals surface area contributed by atoms with Crippen molar-refractivity contribution in [3.05, 3.63) is 40.0 Å². The number of anilines is 1. The molecule has 1 fully saturated rings. The van der Waals surface area contributed by atoms with Gasteiger partial charge in [-0.25, -0.2) is 0 Å². The lowest BCUT2D eigenvalue weighted by atomic mass is 10.2. The fourth-order valence-corrected chi connectivity index (χ4v) is 3.17. The number of nitro benzene ring substituents is 1. The first-order valence-corrected chi connectivity index (χ1v) is 8.48. The topological polar surface area (TPSA) is 127 Å². The van der Waals surface area contributed by atoms with E-state index in [0.29, 0.717) is 23.8 Å². The molecule has 0 aliphatic carbocycles. The molecule has 1 aromatic carbocycles. The first-order valence-electron chi connectivity index (χ1n) is 8.48. The van der Waals surface area contributed by atoms with Gasteiger partial charge < -0.3 is 14.6 Å². The van der Waals surface area contributed by atoms with Crippen LogP contribution in [0, 0.1) is 10.1 Å². The van der Waals surface area contributed by atoms with Crippen molar-refractivity contribution in [3.8, 4) is 5.75 Å². The molecule has 142 valence electrons. The van der Waals surface area contributed by atoms with Gasteiger partial charge >= 0.3 is 0 Å². The largest absolute Gasteiger partial charge is 0.482 e. The Morgan fingerprint density at radius 3 is 3.07 bits per heavy atom. The lowest BCUT2D eigenvalue weighted by Gasteiger charge is -2.30. The Bertz CT molecular complexity index is 884. The molecule has 1 atom stereocenters. The molecule has 27 heavy (non-hydrogen) atoms. The number of hydrogen-bond acceptors (Lipinski definition) is 9. The van der Waals surface area contributed by atoms with E-state index in [2.05, 4.69) is 20.4 Å². The summed E-state index contributed by atoms with van der Waals surface area (Å²) in [6.07, 6.45) is 0. The van der Waals surface area contributed by atoms with Gasteiger partial charge in [0.15, 0.2) is 12.4 Å². The number of aromatic nitrogens is 2. The van der Waals surface area contributed by atoms with Crippen LogP contribution in [-0.4, -0.2) is 59.2 Å². The molecule has 1 aromatic heterocycles. The number of benzene rings is 1. The summed E-state index contributed by atoms with van der Waals surface area (Å²) in [5.74, 6) is 0.867. The fourth-order valence-electron chi connectivity index (χ4n) is 3.17. The van der Waals surface area contributed by atoms with E-state index in [1.54, 1.807) is 0 Å². The molecule has 0 bridgehead atoms. The first kappa shape index (κ1) is 17.4. The van der Waals surface area contributed by atoms with Gasteiger partial charge in [-0.2, -0.15) is 4.98 Å². The van der Waals surface area contributed by atoms with Crippen LogP contribution in [0.4, 0.5) is 11.4 Å². The van der Waals surface area contributed by atoms with Crippen molar-refractivity contribution in [1.29, 1.82) is 0 Å². The van der Waals surface area contributed by atoms with E-state index in [1.807, 2.05) is 7.05 Å². The predicted octanol–water partition coefficient (Wildman–Crippen LogP) is 0.479. The van der Waals surface area contributed by atoms with Crippen LogP contribution in [0.15, 0.2) is 22.7 Å². The minimum absolute atomic E-state index is 0.00925. The minimum Gasteiger partial charge on any atom is -0.482 e. The van der Waals surface area contributed by atoms with Gasteiger partial charge in [-0.15, -0.1) is 0 Å². The highest BCUT2D eigenvalue weighted by Crippen LogP contribution is 2.36. The highest BCUT2D eigenvalue weighted by Gasteiger charge is 2.30. The van der Waals surface area contributed by atoms with Gasteiger partial charge in [-0.1, -0.05) is 5.16 Å². The zero-order valence-corrected chi connectivity index (χ0v) is 14.6. The third-order valence-electron chi connectivity index (χ3n) is 4.68. The van der Waals surface area contributed by atoms with Crippen molar-refractivity contribution in [3.63, 3.8) is 0 Å². The monoisotopic (exact) mass is 374 g/mol. The molecule has 0 saturated carbocycles. The Morgan fingerprint density at radius 2 is 2.30 bits per heavy atom. The summed E-state index contributed by atoms with van der Waals surface area (Å²) in [6.45, 7) is 2.35. The second-order valence-electron chi connectivity index (χ2n) is 6.42. The number of non-ortho nitro benzene ring substituents is 1. The lowest BCUT2D eigenvalue weighted by molar-refractivity contribution is -0.384. The van der Waals surface area contributed by atoms with Crippen molar-refractivity contribution >= 4 is 17.3 Å². The second-order valence-corrected chi connectivity index (χ2v) is 6.42. The number of piperazine rings is 1. The van der Waals surface area contributed by atoms with Crippen LogP contribution >= 0.6 is 0 Å². The van der Waals surface area contributed by atoms with Gasteiger partial charge in [0.25, 0.3) is 11.6 Å². The Morgan fingerprint density at radius 1 is 1.44 bits per heavy atom. The summed E-state index contributed by atoms with van der Waals surface area (Å²) in [6, 6.07) is 4.12. The van der Waals surface area contributed by atoms with Gasteiger partial charge in [-0.05, 0) is 13.1 Å². The van der Waals surface area contributed by atoms with E-state index in [1.165, 1.54) is 23.1 Å². The molecule has 2 aliphatic heterocycles. The molecule has 1 N–H and O–H groups in total. The van der Waals surface area contributed by atoms with Crippen LogP contribution in [0.5, 0.6) is 5.75 Å². The molecule has 1 saturated heterocycles. The smallest absolute Gasteiger partial charge is 0.271 e. The maximum Gasteiger partial charge on any atom is 0.271 e. The number of fused-ring (bicyclic) bond motifs is 1. The highest BCUT2D eigenvalue weighted by atomic mass is 16.6. The summed E-state index contributed by atoms with van der Waals surface area (Å²) < 4.78 is 10.7. The van der Waals surface area contributed by atoms with Crippen molar-refractivity contribution in [2.75, 3.05) is 38.2 Å². The van der Waals surface area contributed by atoms with Gasteiger partial charge in [0.05, 0.1) is 16.7 Å². The van der Waals surface area contributed by atoms with Crippen molar-refractivity contribution in [1.82, 2.24) is 20.4 Å². The molecule has 0 radical (unpaired) electrons. The molecule has 2 aliphatic rings. The molecule has 1 amide bonds. The maximum atomic E-state index is 12.3. The summed E-state index contributed by atoms with van der Waals surface area (Å²) in [4.78, 5) is 30.8. The maximum absolute atomic E-state index is 12.3. The van der Waals surface area contributed by atoms with Gasteiger partial charge in [0.2, 0.25) is 5.89 Å². The zero-order chi connectivity index (χ0) is 19.0. The summed E-state index contributed by atoms with van der Waals surface area (Å²) in [7, 11) is 1.99. The lowest BCUT2D eigenvalue weighted by Crippen LogP contribution is -2.44. The number of nitrogens with zero attached hydrogens (tertiary/aromatic N) is 5. The molecule has 4 rings (SSSR count). The first-order chi connectivity index (χ1) is 13.0. The van der Waals surface area contributed by atoms with Crippen LogP contribution in [0.25, 0.3) is 0 Å².